The van der Waals surface area contributed by atoms with Gasteiger partial charge in [-0.2, -0.15) is 0 Å². The first-order valence-corrected chi connectivity index (χ1v) is 8.27. The van der Waals surface area contributed by atoms with Gasteiger partial charge in [0.2, 0.25) is 5.91 Å². The van der Waals surface area contributed by atoms with Gasteiger partial charge in [-0.05, 0) is 47.0 Å². The van der Waals surface area contributed by atoms with Gasteiger partial charge < -0.3 is 5.32 Å². The van der Waals surface area contributed by atoms with E-state index in [-0.39, 0.29) is 18.4 Å². The van der Waals surface area contributed by atoms with Crippen LogP contribution in [0.2, 0.25) is 5.02 Å². The van der Waals surface area contributed by atoms with Crippen molar-refractivity contribution in [2.24, 2.45) is 0 Å². The summed E-state index contributed by atoms with van der Waals surface area (Å²) in [4.78, 5) is 26.6. The Morgan fingerprint density at radius 1 is 1.19 bits per heavy atom. The van der Waals surface area contributed by atoms with Crippen molar-refractivity contribution >= 4 is 45.0 Å². The predicted molar refractivity (Wildman–Crippen MR) is 85.5 cm³/mol. The Bertz CT molecular complexity index is 599. The van der Waals surface area contributed by atoms with E-state index in [4.69, 9.17) is 11.6 Å². The van der Waals surface area contributed by atoms with E-state index >= 15 is 0 Å². The van der Waals surface area contributed by atoms with Crippen molar-refractivity contribution in [3.05, 3.63) is 27.7 Å². The van der Waals surface area contributed by atoms with Gasteiger partial charge >= 0.3 is 0 Å². The van der Waals surface area contributed by atoms with Gasteiger partial charge in [0, 0.05) is 9.50 Å². The summed E-state index contributed by atoms with van der Waals surface area (Å²) in [6, 6.07) is 5.25. The molecule has 1 saturated heterocycles. The highest BCUT2D eigenvalue weighted by Gasteiger charge is 2.47. The van der Waals surface area contributed by atoms with E-state index in [2.05, 4.69) is 21.2 Å². The number of hydrogen-bond donors (Lipinski definition) is 1. The van der Waals surface area contributed by atoms with Gasteiger partial charge in [-0.1, -0.05) is 30.9 Å². The lowest BCUT2D eigenvalue weighted by Gasteiger charge is -2.44. The maximum absolute atomic E-state index is 12.9. The van der Waals surface area contributed by atoms with Gasteiger partial charge in [-0.15, -0.1) is 0 Å². The number of anilines is 1. The largest absolute Gasteiger partial charge is 0.340 e. The summed E-state index contributed by atoms with van der Waals surface area (Å²) in [5.41, 5.74) is -0.0173. The molecule has 0 aromatic heterocycles. The number of hydrogen-bond acceptors (Lipinski definition) is 2. The first kappa shape index (κ1) is 14.9. The highest BCUT2D eigenvalue weighted by Crippen LogP contribution is 2.36. The summed E-state index contributed by atoms with van der Waals surface area (Å²) >= 11 is 9.38. The molecular weight excluding hydrogens is 356 g/mol. The summed E-state index contributed by atoms with van der Waals surface area (Å²) in [5, 5.41) is 3.53. The van der Waals surface area contributed by atoms with Crippen LogP contribution in [-0.2, 0) is 9.59 Å². The van der Waals surface area contributed by atoms with Gasteiger partial charge in [-0.3, -0.25) is 14.5 Å². The Morgan fingerprint density at radius 3 is 2.57 bits per heavy atom. The second-order valence-electron chi connectivity index (χ2n) is 5.68. The van der Waals surface area contributed by atoms with Crippen LogP contribution in [0.4, 0.5) is 5.69 Å². The van der Waals surface area contributed by atoms with Gasteiger partial charge in [0.25, 0.3) is 5.91 Å². The minimum absolute atomic E-state index is 0.00942. The zero-order chi connectivity index (χ0) is 15.0. The van der Waals surface area contributed by atoms with E-state index in [1.54, 1.807) is 23.1 Å². The van der Waals surface area contributed by atoms with E-state index in [1.807, 2.05) is 0 Å². The molecule has 21 heavy (non-hydrogen) atoms. The number of rotatable bonds is 1. The molecule has 1 heterocycles. The number of nitrogens with zero attached hydrogens (tertiary/aromatic N) is 1. The minimum Gasteiger partial charge on any atom is -0.340 e. The number of halogens is 2. The first-order chi connectivity index (χ1) is 10.0. The fourth-order valence-electron chi connectivity index (χ4n) is 3.22. The molecule has 4 nitrogen and oxygen atoms in total. The minimum atomic E-state index is -0.716. The Kier molecular flexibility index (Phi) is 3.97. The van der Waals surface area contributed by atoms with Gasteiger partial charge in [0.15, 0.2) is 0 Å². The summed E-state index contributed by atoms with van der Waals surface area (Å²) < 4.78 is 0.726. The molecule has 1 N–H and O–H groups in total. The average molecular weight is 372 g/mol. The number of nitrogens with one attached hydrogen (secondary N) is 1. The lowest BCUT2D eigenvalue weighted by Crippen LogP contribution is -2.67. The predicted octanol–water partition coefficient (Wildman–Crippen LogP) is 3.27. The number of benzene rings is 1. The monoisotopic (exact) mass is 370 g/mol. The molecule has 0 atom stereocenters. The zero-order valence-electron chi connectivity index (χ0n) is 11.5. The van der Waals surface area contributed by atoms with Gasteiger partial charge in [-0.25, -0.2) is 0 Å². The van der Waals surface area contributed by atoms with Crippen LogP contribution in [0.5, 0.6) is 0 Å². The van der Waals surface area contributed by atoms with Crippen LogP contribution in [0.1, 0.15) is 32.1 Å². The second-order valence-corrected chi connectivity index (χ2v) is 6.97. The van der Waals surface area contributed by atoms with Crippen molar-refractivity contribution in [1.29, 1.82) is 0 Å². The van der Waals surface area contributed by atoms with Crippen LogP contribution in [0.3, 0.4) is 0 Å². The molecular formula is C15H16BrClN2O2. The van der Waals surface area contributed by atoms with Crippen molar-refractivity contribution in [1.82, 2.24) is 5.32 Å². The topological polar surface area (TPSA) is 49.4 Å². The first-order valence-electron chi connectivity index (χ1n) is 7.10. The standard InChI is InChI=1S/C15H16BrClN2O2/c16-11-8-10(17)4-5-12(11)19-9-13(20)18-15(14(19)21)6-2-1-3-7-15/h4-5,8H,1-3,6-7,9H2,(H,18,20). The highest BCUT2D eigenvalue weighted by atomic mass is 79.9. The Labute approximate surface area is 137 Å². The molecule has 1 aliphatic heterocycles. The summed E-state index contributed by atoms with van der Waals surface area (Å²) in [6.07, 6.45) is 4.51. The summed E-state index contributed by atoms with van der Waals surface area (Å²) in [7, 11) is 0. The lowest BCUT2D eigenvalue weighted by molar-refractivity contribution is -0.137. The molecule has 0 bridgehead atoms. The van der Waals surface area contributed by atoms with Crippen LogP contribution in [0.25, 0.3) is 0 Å². The third-order valence-corrected chi connectivity index (χ3v) is 5.11. The summed E-state index contributed by atoms with van der Waals surface area (Å²) in [5.74, 6) is -0.108. The average Bonchev–Trinajstić information content (AvgIpc) is 2.44. The van der Waals surface area contributed by atoms with E-state index < -0.39 is 5.54 Å². The fraction of sp³-hybridized carbons (Fsp3) is 0.467. The maximum atomic E-state index is 12.9. The molecule has 1 saturated carbocycles. The third-order valence-electron chi connectivity index (χ3n) is 4.24. The molecule has 1 aromatic carbocycles. The van der Waals surface area contributed by atoms with E-state index in [0.29, 0.717) is 10.7 Å². The van der Waals surface area contributed by atoms with E-state index in [0.717, 1.165) is 36.6 Å². The molecule has 3 rings (SSSR count). The molecule has 1 spiro atoms. The number of amides is 2. The van der Waals surface area contributed by atoms with Crippen molar-refractivity contribution in [3.8, 4) is 0 Å². The third kappa shape index (κ3) is 2.69. The number of carbonyl (C=O) groups excluding carboxylic acids is 2. The van der Waals surface area contributed by atoms with Crippen LogP contribution in [0.15, 0.2) is 22.7 Å². The van der Waals surface area contributed by atoms with E-state index in [9.17, 15) is 9.59 Å². The maximum Gasteiger partial charge on any atom is 0.253 e. The molecule has 1 aromatic rings. The Morgan fingerprint density at radius 2 is 1.90 bits per heavy atom. The van der Waals surface area contributed by atoms with Gasteiger partial charge in [0.1, 0.15) is 12.1 Å². The molecule has 0 radical (unpaired) electrons. The molecule has 2 fully saturated rings. The van der Waals surface area contributed by atoms with Gasteiger partial charge in [0.05, 0.1) is 5.69 Å². The zero-order valence-corrected chi connectivity index (χ0v) is 13.8. The number of carbonyl (C=O) groups is 2. The molecule has 1 aliphatic carbocycles. The fourth-order valence-corrected chi connectivity index (χ4v) is 4.12. The van der Waals surface area contributed by atoms with Crippen LogP contribution >= 0.6 is 27.5 Å². The van der Waals surface area contributed by atoms with E-state index in [1.165, 1.54) is 0 Å². The van der Waals surface area contributed by atoms with Crippen molar-refractivity contribution < 1.29 is 9.59 Å². The molecule has 2 amide bonds. The van der Waals surface area contributed by atoms with Crippen LogP contribution in [0, 0.1) is 0 Å². The quantitative estimate of drug-likeness (QED) is 0.823. The van der Waals surface area contributed by atoms with Crippen LogP contribution in [-0.4, -0.2) is 23.9 Å². The normalized spacial score (nSPS) is 21.5. The van der Waals surface area contributed by atoms with Crippen LogP contribution < -0.4 is 10.2 Å². The smallest absolute Gasteiger partial charge is 0.253 e. The van der Waals surface area contributed by atoms with Crippen molar-refractivity contribution in [2.75, 3.05) is 11.4 Å². The molecule has 0 unspecified atom stereocenters. The van der Waals surface area contributed by atoms with Crippen molar-refractivity contribution in [3.63, 3.8) is 0 Å². The second kappa shape index (κ2) is 5.61. The molecule has 6 heteroatoms. The SMILES string of the molecule is O=C1CN(c2ccc(Cl)cc2Br)C(=O)C2(CCCCC2)N1. The number of piperazine rings is 1. The Hall–Kier alpha value is -1.07. The van der Waals surface area contributed by atoms with Crippen molar-refractivity contribution in [2.45, 2.75) is 37.6 Å². The highest BCUT2D eigenvalue weighted by molar-refractivity contribution is 9.10. The molecule has 112 valence electrons. The Balaban J connectivity index is 1.97. The lowest BCUT2D eigenvalue weighted by atomic mass is 9.79. The summed E-state index contributed by atoms with van der Waals surface area (Å²) in [6.45, 7) is 0.0564. The molecule has 2 aliphatic rings.